The molecule has 0 saturated carbocycles. The molecule has 2 atom stereocenters. The van der Waals surface area contributed by atoms with Crippen molar-refractivity contribution in [1.82, 2.24) is 0 Å². The SMILES string of the molecule is CCC(CN)C(O)CCc1ccc(OC)cc1. The molecule has 0 fully saturated rings. The number of rotatable bonds is 7. The summed E-state index contributed by atoms with van der Waals surface area (Å²) in [6.07, 6.45) is 2.27. The van der Waals surface area contributed by atoms with Crippen LogP contribution in [-0.4, -0.2) is 24.9 Å². The minimum absolute atomic E-state index is 0.216. The van der Waals surface area contributed by atoms with Crippen LogP contribution in [0.2, 0.25) is 0 Å². The number of aliphatic hydroxyl groups is 1. The van der Waals surface area contributed by atoms with Crippen LogP contribution in [0.25, 0.3) is 0 Å². The monoisotopic (exact) mass is 237 g/mol. The predicted molar refractivity (Wildman–Crippen MR) is 70.2 cm³/mol. The molecular formula is C14H23NO2. The van der Waals surface area contributed by atoms with Crippen LogP contribution in [0.5, 0.6) is 5.75 Å². The Morgan fingerprint density at radius 1 is 1.29 bits per heavy atom. The van der Waals surface area contributed by atoms with Gasteiger partial charge in [0.2, 0.25) is 0 Å². The van der Waals surface area contributed by atoms with Crippen molar-refractivity contribution < 1.29 is 9.84 Å². The van der Waals surface area contributed by atoms with Crippen molar-refractivity contribution >= 4 is 0 Å². The number of hydrogen-bond acceptors (Lipinski definition) is 3. The van der Waals surface area contributed by atoms with E-state index in [1.165, 1.54) is 5.56 Å². The fourth-order valence-corrected chi connectivity index (χ4v) is 1.94. The van der Waals surface area contributed by atoms with Crippen LogP contribution in [0.4, 0.5) is 0 Å². The molecule has 0 radical (unpaired) electrons. The van der Waals surface area contributed by atoms with Crippen molar-refractivity contribution in [2.24, 2.45) is 11.7 Å². The summed E-state index contributed by atoms with van der Waals surface area (Å²) >= 11 is 0. The molecule has 17 heavy (non-hydrogen) atoms. The number of nitrogens with two attached hydrogens (primary N) is 1. The van der Waals surface area contributed by atoms with Crippen LogP contribution in [0, 0.1) is 5.92 Å². The van der Waals surface area contributed by atoms with E-state index in [1.807, 2.05) is 24.3 Å². The average molecular weight is 237 g/mol. The second-order valence-electron chi connectivity index (χ2n) is 4.36. The molecule has 0 amide bonds. The highest BCUT2D eigenvalue weighted by Crippen LogP contribution is 2.16. The summed E-state index contributed by atoms with van der Waals surface area (Å²) in [5.41, 5.74) is 6.83. The lowest BCUT2D eigenvalue weighted by molar-refractivity contribution is 0.101. The standard InChI is InChI=1S/C14H23NO2/c1-3-12(10-15)14(16)9-6-11-4-7-13(17-2)8-5-11/h4-5,7-8,12,14,16H,3,6,9-10,15H2,1-2H3. The Morgan fingerprint density at radius 3 is 2.41 bits per heavy atom. The van der Waals surface area contributed by atoms with E-state index in [4.69, 9.17) is 10.5 Å². The molecule has 1 aromatic carbocycles. The van der Waals surface area contributed by atoms with Gasteiger partial charge in [-0.3, -0.25) is 0 Å². The predicted octanol–water partition coefficient (Wildman–Crippen LogP) is 1.97. The van der Waals surface area contributed by atoms with Crippen LogP contribution < -0.4 is 10.5 Å². The Kier molecular flexibility index (Phi) is 6.01. The van der Waals surface area contributed by atoms with E-state index in [9.17, 15) is 5.11 Å². The number of methoxy groups -OCH3 is 1. The van der Waals surface area contributed by atoms with Crippen molar-refractivity contribution in [3.8, 4) is 5.75 Å². The summed E-state index contributed by atoms with van der Waals surface area (Å²) in [4.78, 5) is 0. The number of hydrogen-bond donors (Lipinski definition) is 2. The minimum Gasteiger partial charge on any atom is -0.497 e. The fraction of sp³-hybridized carbons (Fsp3) is 0.571. The zero-order valence-corrected chi connectivity index (χ0v) is 10.7. The van der Waals surface area contributed by atoms with Crippen LogP contribution >= 0.6 is 0 Å². The minimum atomic E-state index is -0.299. The first-order chi connectivity index (χ1) is 8.21. The third-order valence-electron chi connectivity index (χ3n) is 3.26. The molecular weight excluding hydrogens is 214 g/mol. The smallest absolute Gasteiger partial charge is 0.118 e. The normalized spacial score (nSPS) is 14.4. The molecule has 0 heterocycles. The number of aryl methyl sites for hydroxylation is 1. The van der Waals surface area contributed by atoms with Crippen molar-refractivity contribution in [2.45, 2.75) is 32.3 Å². The summed E-state index contributed by atoms with van der Waals surface area (Å²) in [5.74, 6) is 1.08. The molecule has 0 aliphatic heterocycles. The fourth-order valence-electron chi connectivity index (χ4n) is 1.94. The maximum atomic E-state index is 9.97. The van der Waals surface area contributed by atoms with E-state index in [1.54, 1.807) is 7.11 Å². The van der Waals surface area contributed by atoms with E-state index >= 15 is 0 Å². The van der Waals surface area contributed by atoms with Gasteiger partial charge in [0.1, 0.15) is 5.75 Å². The van der Waals surface area contributed by atoms with Crippen molar-refractivity contribution in [3.63, 3.8) is 0 Å². The van der Waals surface area contributed by atoms with Crippen molar-refractivity contribution in [2.75, 3.05) is 13.7 Å². The molecule has 0 bridgehead atoms. The third-order valence-corrected chi connectivity index (χ3v) is 3.26. The highest BCUT2D eigenvalue weighted by molar-refractivity contribution is 5.27. The van der Waals surface area contributed by atoms with Crippen LogP contribution in [0.15, 0.2) is 24.3 Å². The first kappa shape index (κ1) is 14.0. The molecule has 0 spiro atoms. The van der Waals surface area contributed by atoms with Gasteiger partial charge >= 0.3 is 0 Å². The largest absolute Gasteiger partial charge is 0.497 e. The van der Waals surface area contributed by atoms with Crippen molar-refractivity contribution in [1.29, 1.82) is 0 Å². The highest BCUT2D eigenvalue weighted by atomic mass is 16.5. The molecule has 2 unspecified atom stereocenters. The van der Waals surface area contributed by atoms with Gasteiger partial charge in [0.05, 0.1) is 13.2 Å². The quantitative estimate of drug-likeness (QED) is 0.762. The average Bonchev–Trinajstić information content (AvgIpc) is 2.38. The summed E-state index contributed by atoms with van der Waals surface area (Å²) in [7, 11) is 1.66. The molecule has 0 aromatic heterocycles. The Hall–Kier alpha value is -1.06. The van der Waals surface area contributed by atoms with Gasteiger partial charge in [-0.2, -0.15) is 0 Å². The number of ether oxygens (including phenoxy) is 1. The molecule has 3 heteroatoms. The van der Waals surface area contributed by atoms with Gasteiger partial charge < -0.3 is 15.6 Å². The molecule has 1 aromatic rings. The summed E-state index contributed by atoms with van der Waals surface area (Å²) in [6, 6.07) is 7.97. The molecule has 3 N–H and O–H groups in total. The van der Waals surface area contributed by atoms with Gasteiger partial charge in [0, 0.05) is 0 Å². The van der Waals surface area contributed by atoms with Gasteiger partial charge in [-0.15, -0.1) is 0 Å². The van der Waals surface area contributed by atoms with E-state index < -0.39 is 0 Å². The topological polar surface area (TPSA) is 55.5 Å². The van der Waals surface area contributed by atoms with Gasteiger partial charge in [-0.1, -0.05) is 19.1 Å². The maximum absolute atomic E-state index is 9.97. The summed E-state index contributed by atoms with van der Waals surface area (Å²) in [5, 5.41) is 9.97. The second kappa shape index (κ2) is 7.30. The van der Waals surface area contributed by atoms with Crippen LogP contribution in [-0.2, 0) is 6.42 Å². The van der Waals surface area contributed by atoms with Crippen molar-refractivity contribution in [3.05, 3.63) is 29.8 Å². The van der Waals surface area contributed by atoms with Gasteiger partial charge in [-0.05, 0) is 49.4 Å². The lowest BCUT2D eigenvalue weighted by atomic mass is 9.94. The molecule has 0 aliphatic carbocycles. The van der Waals surface area contributed by atoms with E-state index in [0.29, 0.717) is 6.54 Å². The number of benzene rings is 1. The Labute approximate surface area is 104 Å². The summed E-state index contributed by atoms with van der Waals surface area (Å²) < 4.78 is 5.10. The molecule has 0 saturated heterocycles. The molecule has 3 nitrogen and oxygen atoms in total. The zero-order valence-electron chi connectivity index (χ0n) is 10.7. The van der Waals surface area contributed by atoms with Gasteiger partial charge in [0.15, 0.2) is 0 Å². The maximum Gasteiger partial charge on any atom is 0.118 e. The van der Waals surface area contributed by atoms with Gasteiger partial charge in [0.25, 0.3) is 0 Å². The lowest BCUT2D eigenvalue weighted by Gasteiger charge is -2.19. The van der Waals surface area contributed by atoms with E-state index in [-0.39, 0.29) is 12.0 Å². The van der Waals surface area contributed by atoms with E-state index in [0.717, 1.165) is 25.0 Å². The Balaban J connectivity index is 2.43. The van der Waals surface area contributed by atoms with Crippen LogP contribution in [0.3, 0.4) is 0 Å². The summed E-state index contributed by atoms with van der Waals surface area (Å²) in [6.45, 7) is 2.62. The molecule has 0 aliphatic rings. The first-order valence-corrected chi connectivity index (χ1v) is 6.22. The lowest BCUT2D eigenvalue weighted by Crippen LogP contribution is -2.27. The third kappa shape index (κ3) is 4.36. The Bertz CT molecular complexity index is 307. The van der Waals surface area contributed by atoms with E-state index in [2.05, 4.69) is 6.92 Å². The number of aliphatic hydroxyl groups excluding tert-OH is 1. The van der Waals surface area contributed by atoms with Gasteiger partial charge in [-0.25, -0.2) is 0 Å². The molecule has 96 valence electrons. The zero-order chi connectivity index (χ0) is 12.7. The molecule has 1 rings (SSSR count). The highest BCUT2D eigenvalue weighted by Gasteiger charge is 2.15. The Morgan fingerprint density at radius 2 is 1.94 bits per heavy atom. The first-order valence-electron chi connectivity index (χ1n) is 6.22. The second-order valence-corrected chi connectivity index (χ2v) is 4.36. The van der Waals surface area contributed by atoms with Crippen LogP contribution in [0.1, 0.15) is 25.3 Å².